The molecule has 0 bridgehead atoms. The van der Waals surface area contributed by atoms with Gasteiger partial charge < -0.3 is 24.6 Å². The molecule has 8 heteroatoms. The van der Waals surface area contributed by atoms with E-state index in [1.54, 1.807) is 25.4 Å². The van der Waals surface area contributed by atoms with Gasteiger partial charge in [0.2, 0.25) is 0 Å². The Hall–Kier alpha value is -4.17. The summed E-state index contributed by atoms with van der Waals surface area (Å²) in [4.78, 5) is 18.1. The fraction of sp³-hybridized carbons (Fsp3) is 0.148. The van der Waals surface area contributed by atoms with Crippen LogP contribution in [0.1, 0.15) is 39.4 Å². The van der Waals surface area contributed by atoms with Gasteiger partial charge in [0.25, 0.3) is 0 Å². The molecule has 0 amide bonds. The summed E-state index contributed by atoms with van der Waals surface area (Å²) < 4.78 is 7.38. The van der Waals surface area contributed by atoms with Crippen molar-refractivity contribution in [2.24, 2.45) is 0 Å². The highest BCUT2D eigenvalue weighted by molar-refractivity contribution is 7.80. The Bertz CT molecular complexity index is 1340. The van der Waals surface area contributed by atoms with Crippen LogP contribution in [0.4, 0.5) is 0 Å². The Labute approximate surface area is 208 Å². The van der Waals surface area contributed by atoms with Gasteiger partial charge in [-0.3, -0.25) is 4.98 Å². The van der Waals surface area contributed by atoms with E-state index in [1.807, 2.05) is 66.9 Å². The van der Waals surface area contributed by atoms with Crippen LogP contribution in [0.2, 0.25) is 0 Å². The molecule has 4 aromatic rings. The Morgan fingerprint density at radius 1 is 1.06 bits per heavy atom. The van der Waals surface area contributed by atoms with Crippen LogP contribution >= 0.6 is 12.2 Å². The number of rotatable bonds is 7. The molecule has 2 aromatic carbocycles. The average molecular weight is 485 g/mol. The minimum Gasteiger partial charge on any atom is -0.497 e. The number of thiocarbonyl (C=S) groups is 1. The van der Waals surface area contributed by atoms with E-state index in [1.165, 1.54) is 0 Å². The number of benzene rings is 2. The summed E-state index contributed by atoms with van der Waals surface area (Å²) in [5.74, 6) is -0.145. The average Bonchev–Trinajstić information content (AvgIpc) is 3.49. The first kappa shape index (κ1) is 22.6. The highest BCUT2D eigenvalue weighted by atomic mass is 32.1. The Morgan fingerprint density at radius 2 is 1.83 bits per heavy atom. The van der Waals surface area contributed by atoms with Crippen molar-refractivity contribution in [1.29, 1.82) is 0 Å². The Morgan fingerprint density at radius 3 is 2.49 bits per heavy atom. The normalized spacial score (nSPS) is 17.3. The van der Waals surface area contributed by atoms with E-state index in [0.29, 0.717) is 11.7 Å². The van der Waals surface area contributed by atoms with Crippen LogP contribution in [0.5, 0.6) is 5.75 Å². The zero-order valence-corrected chi connectivity index (χ0v) is 19.9. The Balaban J connectivity index is 1.56. The predicted octanol–water partition coefficient (Wildman–Crippen LogP) is 4.75. The van der Waals surface area contributed by atoms with Gasteiger partial charge in [-0.1, -0.05) is 18.2 Å². The molecular weight excluding hydrogens is 460 g/mol. The number of hydrogen-bond acceptors (Lipinski definition) is 4. The summed E-state index contributed by atoms with van der Waals surface area (Å²) in [6.45, 7) is 0.604. The maximum absolute atomic E-state index is 11.3. The first-order chi connectivity index (χ1) is 17.0. The lowest BCUT2D eigenvalue weighted by atomic mass is 10.0. The van der Waals surface area contributed by atoms with Crippen molar-refractivity contribution in [3.8, 4) is 11.4 Å². The molecule has 2 aromatic heterocycles. The first-order valence-electron chi connectivity index (χ1n) is 11.2. The highest BCUT2D eigenvalue weighted by Gasteiger charge is 2.41. The topological polar surface area (TPSA) is 79.6 Å². The zero-order chi connectivity index (χ0) is 24.4. The molecule has 0 aliphatic carbocycles. The van der Waals surface area contributed by atoms with Crippen molar-refractivity contribution in [1.82, 2.24) is 19.8 Å². The van der Waals surface area contributed by atoms with Gasteiger partial charge in [0, 0.05) is 30.3 Å². The summed E-state index contributed by atoms with van der Waals surface area (Å²) in [5.41, 5.74) is 4.14. The summed E-state index contributed by atoms with van der Waals surface area (Å²) in [6, 6.07) is 24.5. The SMILES string of the molecule is COc1ccc(CN2C(=S)NC(c3ccccn3)C2c2cccn2-c2ccc(C(=O)O)cc2)cc1. The number of carboxylic acid groups (broad SMARTS) is 1. The number of ether oxygens (including phenoxy) is 1. The van der Waals surface area contributed by atoms with Gasteiger partial charge in [0.1, 0.15) is 5.75 Å². The predicted molar refractivity (Wildman–Crippen MR) is 137 cm³/mol. The van der Waals surface area contributed by atoms with E-state index in [9.17, 15) is 9.90 Å². The molecule has 0 spiro atoms. The number of nitrogens with zero attached hydrogens (tertiary/aromatic N) is 3. The highest BCUT2D eigenvalue weighted by Crippen LogP contribution is 2.40. The molecule has 2 N–H and O–H groups in total. The summed E-state index contributed by atoms with van der Waals surface area (Å²) >= 11 is 5.81. The number of aromatic carboxylic acids is 1. The van der Waals surface area contributed by atoms with Crippen molar-refractivity contribution >= 4 is 23.3 Å². The van der Waals surface area contributed by atoms with Gasteiger partial charge in [-0.25, -0.2) is 4.79 Å². The lowest BCUT2D eigenvalue weighted by Crippen LogP contribution is -2.30. The molecule has 2 unspecified atom stereocenters. The molecule has 176 valence electrons. The summed E-state index contributed by atoms with van der Waals surface area (Å²) in [5, 5.41) is 13.4. The van der Waals surface area contributed by atoms with Crippen LogP contribution in [0.3, 0.4) is 0 Å². The van der Waals surface area contributed by atoms with Crippen LogP contribution < -0.4 is 10.1 Å². The van der Waals surface area contributed by atoms with Crippen LogP contribution in [0.15, 0.2) is 91.3 Å². The van der Waals surface area contributed by atoms with Gasteiger partial charge >= 0.3 is 5.97 Å². The third-order valence-corrected chi connectivity index (χ3v) is 6.54. The molecule has 0 radical (unpaired) electrons. The maximum atomic E-state index is 11.3. The number of carbonyl (C=O) groups is 1. The molecule has 5 rings (SSSR count). The molecular formula is C27H24N4O3S. The van der Waals surface area contributed by atoms with E-state index >= 15 is 0 Å². The van der Waals surface area contributed by atoms with E-state index < -0.39 is 5.97 Å². The third-order valence-electron chi connectivity index (χ3n) is 6.19. The maximum Gasteiger partial charge on any atom is 0.335 e. The largest absolute Gasteiger partial charge is 0.497 e. The van der Waals surface area contributed by atoms with Gasteiger partial charge in [-0.05, 0) is 78.4 Å². The fourth-order valence-corrected chi connectivity index (χ4v) is 4.76. The van der Waals surface area contributed by atoms with E-state index in [4.69, 9.17) is 17.0 Å². The molecule has 0 saturated carbocycles. The molecule has 7 nitrogen and oxygen atoms in total. The van der Waals surface area contributed by atoms with Crippen LogP contribution in [0, 0.1) is 0 Å². The minimum atomic E-state index is -0.949. The van der Waals surface area contributed by atoms with Crippen LogP contribution in [-0.2, 0) is 6.54 Å². The molecule has 3 heterocycles. The number of methoxy groups -OCH3 is 1. The number of pyridine rings is 1. The number of carboxylic acids is 1. The van der Waals surface area contributed by atoms with Crippen molar-refractivity contribution in [3.05, 3.63) is 114 Å². The van der Waals surface area contributed by atoms with Gasteiger partial charge in [0.15, 0.2) is 5.11 Å². The van der Waals surface area contributed by atoms with Crippen LogP contribution in [-0.4, -0.2) is 37.7 Å². The van der Waals surface area contributed by atoms with Gasteiger partial charge in [0.05, 0.1) is 30.5 Å². The smallest absolute Gasteiger partial charge is 0.335 e. The lowest BCUT2D eigenvalue weighted by molar-refractivity contribution is 0.0697. The second-order valence-electron chi connectivity index (χ2n) is 8.26. The zero-order valence-electron chi connectivity index (χ0n) is 19.0. The molecule has 1 fully saturated rings. The lowest BCUT2D eigenvalue weighted by Gasteiger charge is -2.29. The van der Waals surface area contributed by atoms with Crippen molar-refractivity contribution in [3.63, 3.8) is 0 Å². The first-order valence-corrected chi connectivity index (χ1v) is 11.6. The summed E-state index contributed by atoms with van der Waals surface area (Å²) in [6.07, 6.45) is 3.76. The van der Waals surface area contributed by atoms with E-state index in [2.05, 4.69) is 25.8 Å². The van der Waals surface area contributed by atoms with Crippen molar-refractivity contribution in [2.75, 3.05) is 7.11 Å². The second-order valence-corrected chi connectivity index (χ2v) is 8.64. The summed E-state index contributed by atoms with van der Waals surface area (Å²) in [7, 11) is 1.65. The Kier molecular flexibility index (Phi) is 6.20. The monoisotopic (exact) mass is 484 g/mol. The molecule has 1 saturated heterocycles. The second kappa shape index (κ2) is 9.60. The van der Waals surface area contributed by atoms with Gasteiger partial charge in [-0.2, -0.15) is 0 Å². The molecule has 1 aliphatic rings. The number of hydrogen-bond donors (Lipinski definition) is 2. The standard InChI is InChI=1S/C27H24N4O3S/c1-34-21-13-7-18(8-14-21)17-31-25(24(29-27(31)35)22-5-2-3-15-28-22)23-6-4-16-30(23)20-11-9-19(10-12-20)26(32)33/h2-16,24-25H,17H2,1H3,(H,29,35)(H,32,33). The molecule has 2 atom stereocenters. The third kappa shape index (κ3) is 4.48. The van der Waals surface area contributed by atoms with E-state index in [0.717, 1.165) is 28.4 Å². The quantitative estimate of drug-likeness (QED) is 0.367. The molecule has 1 aliphatic heterocycles. The van der Waals surface area contributed by atoms with E-state index in [-0.39, 0.29) is 17.6 Å². The number of aromatic nitrogens is 2. The number of nitrogens with one attached hydrogen (secondary N) is 1. The van der Waals surface area contributed by atoms with Crippen LogP contribution in [0.25, 0.3) is 5.69 Å². The fourth-order valence-electron chi connectivity index (χ4n) is 4.46. The van der Waals surface area contributed by atoms with Crippen molar-refractivity contribution in [2.45, 2.75) is 18.6 Å². The minimum absolute atomic E-state index is 0.145. The molecule has 35 heavy (non-hydrogen) atoms. The van der Waals surface area contributed by atoms with Gasteiger partial charge in [-0.15, -0.1) is 0 Å². The van der Waals surface area contributed by atoms with Crippen molar-refractivity contribution < 1.29 is 14.6 Å².